The van der Waals surface area contributed by atoms with Crippen molar-refractivity contribution in [3.63, 3.8) is 0 Å². The van der Waals surface area contributed by atoms with E-state index in [1.54, 1.807) is 12.5 Å². The first-order valence-electron chi connectivity index (χ1n) is 6.17. The molecule has 0 bridgehead atoms. The fourth-order valence-corrected chi connectivity index (χ4v) is 2.02. The van der Waals surface area contributed by atoms with E-state index in [1.807, 2.05) is 35.9 Å². The number of hydrogen-bond donors (Lipinski definition) is 1. The van der Waals surface area contributed by atoms with Crippen molar-refractivity contribution in [1.29, 1.82) is 0 Å². The van der Waals surface area contributed by atoms with Gasteiger partial charge in [-0.2, -0.15) is 0 Å². The number of hydrogen-bond acceptors (Lipinski definition) is 2. The summed E-state index contributed by atoms with van der Waals surface area (Å²) in [4.78, 5) is 15.9. The molecular weight excluding hydrogens is 306 g/mol. The molecule has 100 valence electrons. The number of imidazole rings is 1. The van der Waals surface area contributed by atoms with Crippen molar-refractivity contribution >= 4 is 21.8 Å². The van der Waals surface area contributed by atoms with Crippen LogP contribution in [0.25, 0.3) is 0 Å². The Morgan fingerprint density at radius 3 is 3.00 bits per heavy atom. The van der Waals surface area contributed by atoms with Crippen LogP contribution in [0.3, 0.4) is 0 Å². The summed E-state index contributed by atoms with van der Waals surface area (Å²) in [7, 11) is 0. The fourth-order valence-electron chi connectivity index (χ4n) is 1.77. The highest BCUT2D eigenvalue weighted by atomic mass is 79.9. The lowest BCUT2D eigenvalue weighted by atomic mass is 10.1. The predicted octanol–water partition coefficient (Wildman–Crippen LogP) is 2.77. The van der Waals surface area contributed by atoms with Crippen molar-refractivity contribution in [2.45, 2.75) is 19.9 Å². The van der Waals surface area contributed by atoms with Gasteiger partial charge in [0.05, 0.1) is 6.33 Å². The van der Waals surface area contributed by atoms with Crippen molar-refractivity contribution in [2.24, 2.45) is 0 Å². The largest absolute Gasteiger partial charge is 0.352 e. The summed E-state index contributed by atoms with van der Waals surface area (Å²) < 4.78 is 3.01. The third-order valence-electron chi connectivity index (χ3n) is 2.86. The average molecular weight is 322 g/mol. The second-order valence-electron chi connectivity index (χ2n) is 4.37. The summed E-state index contributed by atoms with van der Waals surface area (Å²) in [6, 6.07) is 5.60. The molecule has 0 unspecified atom stereocenters. The number of amides is 1. The third kappa shape index (κ3) is 3.92. The molecule has 0 aliphatic carbocycles. The van der Waals surface area contributed by atoms with E-state index >= 15 is 0 Å². The van der Waals surface area contributed by atoms with E-state index < -0.39 is 0 Å². The fraction of sp³-hybridized carbons (Fsp3) is 0.286. The van der Waals surface area contributed by atoms with Gasteiger partial charge < -0.3 is 9.88 Å². The molecule has 1 N–H and O–H groups in total. The molecule has 0 atom stereocenters. The van der Waals surface area contributed by atoms with Gasteiger partial charge in [0.25, 0.3) is 5.91 Å². The van der Waals surface area contributed by atoms with Gasteiger partial charge in [0.15, 0.2) is 0 Å². The lowest BCUT2D eigenvalue weighted by Gasteiger charge is -2.07. The normalized spacial score (nSPS) is 10.4. The molecule has 0 radical (unpaired) electrons. The number of rotatable bonds is 5. The summed E-state index contributed by atoms with van der Waals surface area (Å²) in [5.41, 5.74) is 1.76. The maximum absolute atomic E-state index is 11.9. The van der Waals surface area contributed by atoms with Gasteiger partial charge in [0.1, 0.15) is 0 Å². The quantitative estimate of drug-likeness (QED) is 0.861. The number of aromatic nitrogens is 2. The van der Waals surface area contributed by atoms with Crippen molar-refractivity contribution in [2.75, 3.05) is 6.54 Å². The minimum atomic E-state index is -0.0266. The Bertz CT molecular complexity index is 552. The monoisotopic (exact) mass is 321 g/mol. The Morgan fingerprint density at radius 2 is 2.32 bits per heavy atom. The standard InChI is InChI=1S/C14H16BrN3O/c1-11-9-12(3-4-13(11)15)14(19)17-5-2-7-18-8-6-16-10-18/h3-4,6,8-10H,2,5,7H2,1H3,(H,17,19). The van der Waals surface area contributed by atoms with Crippen LogP contribution in [0.5, 0.6) is 0 Å². The molecule has 2 aromatic rings. The summed E-state index contributed by atoms with van der Waals surface area (Å²) in [6.07, 6.45) is 6.33. The molecule has 19 heavy (non-hydrogen) atoms. The Labute approximate surface area is 121 Å². The minimum Gasteiger partial charge on any atom is -0.352 e. The smallest absolute Gasteiger partial charge is 0.251 e. The Kier molecular flexibility index (Phi) is 4.74. The second-order valence-corrected chi connectivity index (χ2v) is 5.23. The molecule has 1 heterocycles. The van der Waals surface area contributed by atoms with Gasteiger partial charge in [-0.05, 0) is 37.1 Å². The van der Waals surface area contributed by atoms with Crippen LogP contribution < -0.4 is 5.32 Å². The van der Waals surface area contributed by atoms with E-state index in [1.165, 1.54) is 0 Å². The van der Waals surface area contributed by atoms with Crippen molar-refractivity contribution in [3.8, 4) is 0 Å². The van der Waals surface area contributed by atoms with Crippen LogP contribution in [0.4, 0.5) is 0 Å². The van der Waals surface area contributed by atoms with Crippen LogP contribution in [0, 0.1) is 6.92 Å². The van der Waals surface area contributed by atoms with E-state index in [-0.39, 0.29) is 5.91 Å². The molecular formula is C14H16BrN3O. The zero-order valence-electron chi connectivity index (χ0n) is 10.8. The number of carbonyl (C=O) groups excluding carboxylic acids is 1. The van der Waals surface area contributed by atoms with E-state index in [9.17, 15) is 4.79 Å². The SMILES string of the molecule is Cc1cc(C(=O)NCCCn2ccnc2)ccc1Br. The zero-order valence-corrected chi connectivity index (χ0v) is 12.4. The predicted molar refractivity (Wildman–Crippen MR) is 78.1 cm³/mol. The topological polar surface area (TPSA) is 46.9 Å². The molecule has 1 amide bonds. The van der Waals surface area contributed by atoms with Gasteiger partial charge in [0.2, 0.25) is 0 Å². The van der Waals surface area contributed by atoms with Crippen molar-refractivity contribution < 1.29 is 4.79 Å². The molecule has 0 saturated heterocycles. The molecule has 4 nitrogen and oxygen atoms in total. The lowest BCUT2D eigenvalue weighted by Crippen LogP contribution is -2.25. The van der Waals surface area contributed by atoms with Gasteiger partial charge >= 0.3 is 0 Å². The van der Waals surface area contributed by atoms with Crippen molar-refractivity contribution in [1.82, 2.24) is 14.9 Å². The van der Waals surface area contributed by atoms with Crippen molar-refractivity contribution in [3.05, 3.63) is 52.5 Å². The maximum Gasteiger partial charge on any atom is 0.251 e. The van der Waals surface area contributed by atoms with Gasteiger partial charge in [0, 0.05) is 35.5 Å². The van der Waals surface area contributed by atoms with Crippen LogP contribution in [-0.4, -0.2) is 22.0 Å². The molecule has 0 fully saturated rings. The van der Waals surface area contributed by atoms with E-state index in [0.717, 1.165) is 23.0 Å². The van der Waals surface area contributed by atoms with Crippen LogP contribution in [-0.2, 0) is 6.54 Å². The number of nitrogens with one attached hydrogen (secondary N) is 1. The maximum atomic E-state index is 11.9. The third-order valence-corrected chi connectivity index (χ3v) is 3.75. The van der Waals surface area contributed by atoms with Crippen LogP contribution in [0.1, 0.15) is 22.3 Å². The number of carbonyl (C=O) groups is 1. The van der Waals surface area contributed by atoms with E-state index in [0.29, 0.717) is 12.1 Å². The average Bonchev–Trinajstić information content (AvgIpc) is 2.91. The molecule has 0 aliphatic rings. The van der Waals surface area contributed by atoms with E-state index in [2.05, 4.69) is 26.2 Å². The minimum absolute atomic E-state index is 0.0266. The summed E-state index contributed by atoms with van der Waals surface area (Å²) in [5.74, 6) is -0.0266. The van der Waals surface area contributed by atoms with Gasteiger partial charge in [-0.1, -0.05) is 15.9 Å². The second kappa shape index (κ2) is 6.52. The number of benzene rings is 1. The molecule has 0 saturated carbocycles. The van der Waals surface area contributed by atoms with Crippen LogP contribution >= 0.6 is 15.9 Å². The zero-order chi connectivity index (χ0) is 13.7. The van der Waals surface area contributed by atoms with Gasteiger partial charge in [-0.15, -0.1) is 0 Å². The lowest BCUT2D eigenvalue weighted by molar-refractivity contribution is 0.0952. The first kappa shape index (κ1) is 13.8. The van der Waals surface area contributed by atoms with Gasteiger partial charge in [-0.3, -0.25) is 4.79 Å². The molecule has 2 rings (SSSR count). The van der Waals surface area contributed by atoms with Crippen LogP contribution in [0.2, 0.25) is 0 Å². The number of nitrogens with zero attached hydrogens (tertiary/aromatic N) is 2. The molecule has 1 aromatic carbocycles. The summed E-state index contributed by atoms with van der Waals surface area (Å²) in [5, 5.41) is 2.92. The van der Waals surface area contributed by atoms with Crippen LogP contribution in [0.15, 0.2) is 41.4 Å². The summed E-state index contributed by atoms with van der Waals surface area (Å²) >= 11 is 3.42. The highest BCUT2D eigenvalue weighted by molar-refractivity contribution is 9.10. The molecule has 0 spiro atoms. The highest BCUT2D eigenvalue weighted by Gasteiger charge is 2.06. The highest BCUT2D eigenvalue weighted by Crippen LogP contribution is 2.16. The molecule has 0 aliphatic heterocycles. The number of halogens is 1. The Morgan fingerprint density at radius 1 is 1.47 bits per heavy atom. The Balaban J connectivity index is 1.79. The van der Waals surface area contributed by atoms with Gasteiger partial charge in [-0.25, -0.2) is 4.98 Å². The molecule has 1 aromatic heterocycles. The number of aryl methyl sites for hydroxylation is 2. The van der Waals surface area contributed by atoms with E-state index in [4.69, 9.17) is 0 Å². The summed E-state index contributed by atoms with van der Waals surface area (Å²) in [6.45, 7) is 3.49. The first-order valence-corrected chi connectivity index (χ1v) is 6.96. The molecule has 5 heteroatoms. The first-order chi connectivity index (χ1) is 9.16. The Hall–Kier alpha value is -1.62.